The normalized spacial score (nSPS) is 18.4. The summed E-state index contributed by atoms with van der Waals surface area (Å²) in [6.07, 6.45) is 4.11. The summed E-state index contributed by atoms with van der Waals surface area (Å²) in [4.78, 5) is 29.9. The first-order valence-electron chi connectivity index (χ1n) is 10.6. The van der Waals surface area contributed by atoms with Crippen LogP contribution in [0.15, 0.2) is 36.5 Å². The minimum atomic E-state index is -0.0901. The molecule has 7 heteroatoms. The van der Waals surface area contributed by atoms with Gasteiger partial charge in [-0.3, -0.25) is 14.3 Å². The van der Waals surface area contributed by atoms with E-state index in [1.54, 1.807) is 35.0 Å². The van der Waals surface area contributed by atoms with Crippen molar-refractivity contribution in [3.05, 3.63) is 47.8 Å². The Labute approximate surface area is 178 Å². The molecule has 1 aliphatic rings. The highest BCUT2D eigenvalue weighted by molar-refractivity contribution is 5.96. The van der Waals surface area contributed by atoms with Crippen molar-refractivity contribution in [2.75, 3.05) is 26.7 Å². The number of ether oxygens (including phenoxy) is 1. The van der Waals surface area contributed by atoms with E-state index in [1.165, 1.54) is 0 Å². The molecule has 162 valence electrons. The third kappa shape index (κ3) is 5.01. The van der Waals surface area contributed by atoms with Crippen LogP contribution in [0.25, 0.3) is 0 Å². The highest BCUT2D eigenvalue weighted by Crippen LogP contribution is 2.23. The summed E-state index contributed by atoms with van der Waals surface area (Å²) in [6, 6.07) is 9.01. The highest BCUT2D eigenvalue weighted by Gasteiger charge is 2.29. The molecule has 1 aliphatic heterocycles. The average molecular weight is 413 g/mol. The Morgan fingerprint density at radius 2 is 1.90 bits per heavy atom. The molecule has 1 atom stereocenters. The van der Waals surface area contributed by atoms with E-state index in [-0.39, 0.29) is 17.9 Å². The van der Waals surface area contributed by atoms with Crippen molar-refractivity contribution in [2.24, 2.45) is 13.0 Å². The predicted octanol–water partition coefficient (Wildman–Crippen LogP) is 3.22. The number of amides is 2. The Balaban J connectivity index is 1.93. The van der Waals surface area contributed by atoms with Crippen LogP contribution in [0.4, 0.5) is 0 Å². The molecule has 30 heavy (non-hydrogen) atoms. The molecule has 0 unspecified atom stereocenters. The van der Waals surface area contributed by atoms with E-state index >= 15 is 0 Å². The van der Waals surface area contributed by atoms with Gasteiger partial charge in [-0.2, -0.15) is 5.10 Å². The number of aromatic nitrogens is 2. The fourth-order valence-electron chi connectivity index (χ4n) is 3.90. The maximum atomic E-state index is 13.4. The largest absolute Gasteiger partial charge is 0.491 e. The lowest BCUT2D eigenvalue weighted by Gasteiger charge is -2.34. The van der Waals surface area contributed by atoms with Gasteiger partial charge >= 0.3 is 0 Å². The molecule has 1 aromatic carbocycles. The quantitative estimate of drug-likeness (QED) is 0.776. The Bertz CT molecular complexity index is 877. The van der Waals surface area contributed by atoms with Crippen LogP contribution >= 0.6 is 0 Å². The van der Waals surface area contributed by atoms with Crippen LogP contribution in [0.5, 0.6) is 5.75 Å². The number of aryl methyl sites for hydroxylation is 1. The molecule has 0 bridgehead atoms. The number of benzene rings is 1. The van der Waals surface area contributed by atoms with E-state index < -0.39 is 0 Å². The lowest BCUT2D eigenvalue weighted by Crippen LogP contribution is -2.46. The zero-order valence-corrected chi connectivity index (χ0v) is 18.4. The van der Waals surface area contributed by atoms with Gasteiger partial charge in [0.15, 0.2) is 0 Å². The van der Waals surface area contributed by atoms with E-state index in [9.17, 15) is 9.59 Å². The summed E-state index contributed by atoms with van der Waals surface area (Å²) in [7, 11) is 3.60. The predicted molar refractivity (Wildman–Crippen MR) is 116 cm³/mol. The fourth-order valence-corrected chi connectivity index (χ4v) is 3.90. The molecule has 0 spiro atoms. The van der Waals surface area contributed by atoms with Crippen LogP contribution in [0.3, 0.4) is 0 Å². The molecule has 0 fully saturated rings. The number of carbonyl (C=O) groups is 2. The summed E-state index contributed by atoms with van der Waals surface area (Å²) in [5.74, 6) is 0.904. The first kappa shape index (κ1) is 21.9. The van der Waals surface area contributed by atoms with Gasteiger partial charge in [-0.05, 0) is 43.4 Å². The fraction of sp³-hybridized carbons (Fsp3) is 0.522. The van der Waals surface area contributed by atoms with Crippen molar-refractivity contribution in [3.63, 3.8) is 0 Å². The molecule has 0 radical (unpaired) electrons. The second kappa shape index (κ2) is 9.78. The summed E-state index contributed by atoms with van der Waals surface area (Å²) in [5.41, 5.74) is 1.14. The first-order chi connectivity index (χ1) is 14.4. The highest BCUT2D eigenvalue weighted by atomic mass is 16.5. The van der Waals surface area contributed by atoms with Crippen LogP contribution in [0.2, 0.25) is 0 Å². The van der Waals surface area contributed by atoms with Crippen LogP contribution in [-0.4, -0.2) is 64.2 Å². The number of hydrogen-bond donors (Lipinski definition) is 0. The summed E-state index contributed by atoms with van der Waals surface area (Å²) in [5, 5.41) is 4.16. The molecule has 0 aliphatic carbocycles. The Morgan fingerprint density at radius 3 is 2.60 bits per heavy atom. The zero-order chi connectivity index (χ0) is 21.7. The van der Waals surface area contributed by atoms with E-state index in [0.717, 1.165) is 19.3 Å². The van der Waals surface area contributed by atoms with Gasteiger partial charge in [-0.15, -0.1) is 0 Å². The zero-order valence-electron chi connectivity index (χ0n) is 18.4. The Morgan fingerprint density at radius 1 is 1.17 bits per heavy atom. The lowest BCUT2D eigenvalue weighted by atomic mass is 10.0. The van der Waals surface area contributed by atoms with E-state index in [2.05, 4.69) is 18.9 Å². The SMILES string of the molecule is CC(C)C[C@H]1COc2ccccc2C(=O)N(C)CCCCN1C(=O)c1ccnn1C. The second-order valence-corrected chi connectivity index (χ2v) is 8.36. The van der Waals surface area contributed by atoms with E-state index in [0.29, 0.717) is 42.6 Å². The van der Waals surface area contributed by atoms with Gasteiger partial charge < -0.3 is 14.5 Å². The van der Waals surface area contributed by atoms with Crippen molar-refractivity contribution in [1.29, 1.82) is 0 Å². The summed E-state index contributed by atoms with van der Waals surface area (Å²) in [6.45, 7) is 5.89. The third-order valence-electron chi connectivity index (χ3n) is 5.52. The Hall–Kier alpha value is -2.83. The number of fused-ring (bicyclic) bond motifs is 1. The van der Waals surface area contributed by atoms with Gasteiger partial charge in [0.2, 0.25) is 0 Å². The minimum Gasteiger partial charge on any atom is -0.491 e. The molecule has 2 heterocycles. The summed E-state index contributed by atoms with van der Waals surface area (Å²) >= 11 is 0. The Kier molecular flexibility index (Phi) is 7.13. The maximum absolute atomic E-state index is 13.4. The second-order valence-electron chi connectivity index (χ2n) is 8.36. The van der Waals surface area contributed by atoms with Gasteiger partial charge in [0, 0.05) is 33.4 Å². The molecule has 0 saturated carbocycles. The number of nitrogens with zero attached hydrogens (tertiary/aromatic N) is 4. The first-order valence-corrected chi connectivity index (χ1v) is 10.6. The standard InChI is InChI=1S/C23H32N4O3/c1-17(2)15-18-16-30-21-10-6-5-9-19(21)22(28)25(3)13-7-8-14-27(18)23(29)20-11-12-24-26(20)4/h5-6,9-12,17-18H,7-8,13-16H2,1-4H3/t18-/m0/s1. The van der Waals surface area contributed by atoms with Gasteiger partial charge in [-0.25, -0.2) is 0 Å². The lowest BCUT2D eigenvalue weighted by molar-refractivity contribution is 0.0549. The maximum Gasteiger partial charge on any atom is 0.272 e. The number of rotatable bonds is 3. The van der Waals surface area contributed by atoms with Crippen molar-refractivity contribution in [3.8, 4) is 5.75 Å². The van der Waals surface area contributed by atoms with Gasteiger partial charge in [-0.1, -0.05) is 26.0 Å². The third-order valence-corrected chi connectivity index (χ3v) is 5.52. The number of carbonyl (C=O) groups excluding carboxylic acids is 2. The molecule has 1 aromatic heterocycles. The molecular weight excluding hydrogens is 380 g/mol. The minimum absolute atomic E-state index is 0.0287. The average Bonchev–Trinajstić information content (AvgIpc) is 3.15. The molecule has 2 aromatic rings. The van der Waals surface area contributed by atoms with Crippen molar-refractivity contribution < 1.29 is 14.3 Å². The number of hydrogen-bond acceptors (Lipinski definition) is 4. The smallest absolute Gasteiger partial charge is 0.272 e. The van der Waals surface area contributed by atoms with Crippen LogP contribution < -0.4 is 4.74 Å². The molecule has 0 saturated heterocycles. The van der Waals surface area contributed by atoms with E-state index in [1.807, 2.05) is 30.1 Å². The monoisotopic (exact) mass is 412 g/mol. The molecule has 3 rings (SSSR count). The topological polar surface area (TPSA) is 67.7 Å². The summed E-state index contributed by atoms with van der Waals surface area (Å²) < 4.78 is 7.78. The van der Waals surface area contributed by atoms with Gasteiger partial charge in [0.25, 0.3) is 11.8 Å². The van der Waals surface area contributed by atoms with Crippen LogP contribution in [-0.2, 0) is 7.05 Å². The van der Waals surface area contributed by atoms with Crippen LogP contribution in [0, 0.1) is 5.92 Å². The molecule has 2 amide bonds. The molecule has 0 N–H and O–H groups in total. The molecule has 7 nitrogen and oxygen atoms in total. The van der Waals surface area contributed by atoms with E-state index in [4.69, 9.17) is 4.74 Å². The van der Waals surface area contributed by atoms with Crippen molar-refractivity contribution in [2.45, 2.75) is 39.2 Å². The van der Waals surface area contributed by atoms with Crippen molar-refractivity contribution in [1.82, 2.24) is 19.6 Å². The van der Waals surface area contributed by atoms with Gasteiger partial charge in [0.1, 0.15) is 18.1 Å². The van der Waals surface area contributed by atoms with Gasteiger partial charge in [0.05, 0.1) is 11.6 Å². The molecular formula is C23H32N4O3. The number of para-hydroxylation sites is 1. The van der Waals surface area contributed by atoms with Crippen molar-refractivity contribution >= 4 is 11.8 Å². The van der Waals surface area contributed by atoms with Crippen LogP contribution in [0.1, 0.15) is 54.0 Å².